The summed E-state index contributed by atoms with van der Waals surface area (Å²) in [7, 11) is 0. The summed E-state index contributed by atoms with van der Waals surface area (Å²) >= 11 is 22.0. The molecular weight excluding hydrogens is 204 g/mol. The van der Waals surface area contributed by atoms with Crippen molar-refractivity contribution in [3.8, 4) is 0 Å². The van der Waals surface area contributed by atoms with Crippen LogP contribution in [0.2, 0.25) is 0 Å². The van der Waals surface area contributed by atoms with Gasteiger partial charge in [0.2, 0.25) is 0 Å². The molecule has 0 bridgehead atoms. The van der Waals surface area contributed by atoms with Crippen LogP contribution in [0.3, 0.4) is 0 Å². The molecule has 0 aliphatic carbocycles. The minimum absolute atomic E-state index is 1.09. The van der Waals surface area contributed by atoms with Crippen molar-refractivity contribution < 1.29 is 0 Å². The first kappa shape index (κ1) is 10.1. The van der Waals surface area contributed by atoms with Crippen molar-refractivity contribution in [2.75, 3.05) is 0 Å². The largest absolute Gasteiger partial charge is 0.255 e. The molecule has 5 heteroatoms. The summed E-state index contributed by atoms with van der Waals surface area (Å²) in [5.74, 6) is 0. The van der Waals surface area contributed by atoms with E-state index in [1.165, 1.54) is 0 Å². The van der Waals surface area contributed by atoms with Crippen LogP contribution in [0.4, 0.5) is 0 Å². The lowest BCUT2D eigenvalue weighted by molar-refractivity contribution is 0.579. The van der Waals surface area contributed by atoms with Crippen molar-refractivity contribution in [3.05, 3.63) is 0 Å². The van der Waals surface area contributed by atoms with Gasteiger partial charge in [0.05, 0.1) is 0 Å². The van der Waals surface area contributed by atoms with Crippen molar-refractivity contribution in [1.29, 1.82) is 0 Å². The van der Waals surface area contributed by atoms with Gasteiger partial charge in [0.15, 0.2) is 8.91 Å². The Bertz CT molecular complexity index is 77.7. The van der Waals surface area contributed by atoms with E-state index in [4.69, 9.17) is 46.4 Å². The Balaban J connectivity index is 3.75. The highest BCUT2D eigenvalue weighted by atomic mass is 35.5. The van der Waals surface area contributed by atoms with Crippen LogP contribution in [-0.2, 0) is 0 Å². The van der Waals surface area contributed by atoms with E-state index in [0.717, 1.165) is 0 Å². The number of rotatable bonds is 2. The molecule has 56 valence electrons. The molecule has 0 unspecified atom stereocenters. The van der Waals surface area contributed by atoms with Gasteiger partial charge in [0.25, 0.3) is 0 Å². The molecule has 0 rings (SSSR count). The average molecular weight is 211 g/mol. The van der Waals surface area contributed by atoms with Gasteiger partial charge in [0.1, 0.15) is 0 Å². The van der Waals surface area contributed by atoms with Gasteiger partial charge in [-0.2, -0.15) is 0 Å². The van der Waals surface area contributed by atoms with Gasteiger partial charge in [-0.1, -0.05) is 46.4 Å². The van der Waals surface area contributed by atoms with Crippen LogP contribution in [0.25, 0.3) is 0 Å². The minimum Gasteiger partial charge on any atom is -0.255 e. The Morgan fingerprint density at radius 2 is 1.11 bits per heavy atom. The van der Waals surface area contributed by atoms with Crippen LogP contribution < -0.4 is 5.32 Å². The molecule has 0 spiro atoms. The van der Waals surface area contributed by atoms with E-state index < -0.39 is 8.91 Å². The SMILES string of the molecule is CC(Cl)(Cl)NC(C)(Cl)Cl. The van der Waals surface area contributed by atoms with Crippen LogP contribution in [0.1, 0.15) is 13.8 Å². The monoisotopic (exact) mass is 209 g/mol. The maximum Gasteiger partial charge on any atom is 0.168 e. The normalized spacial score (nSPS) is 14.0. The summed E-state index contributed by atoms with van der Waals surface area (Å²) in [4.78, 5) is 0. The van der Waals surface area contributed by atoms with E-state index in [0.29, 0.717) is 0 Å². The molecule has 1 nitrogen and oxygen atoms in total. The third kappa shape index (κ3) is 9.12. The zero-order valence-electron chi connectivity index (χ0n) is 5.01. The summed E-state index contributed by atoms with van der Waals surface area (Å²) in [5.41, 5.74) is 0. The molecule has 9 heavy (non-hydrogen) atoms. The number of hydrogen-bond acceptors (Lipinski definition) is 1. The second-order valence-corrected chi connectivity index (χ2v) is 5.31. The first-order valence-corrected chi connectivity index (χ1v) is 3.77. The van der Waals surface area contributed by atoms with Crippen molar-refractivity contribution in [3.63, 3.8) is 0 Å². The van der Waals surface area contributed by atoms with Gasteiger partial charge in [0, 0.05) is 0 Å². The lowest BCUT2D eigenvalue weighted by atomic mass is 10.6. The third-order valence-electron chi connectivity index (χ3n) is 0.439. The van der Waals surface area contributed by atoms with Crippen LogP contribution in [-0.4, -0.2) is 8.91 Å². The van der Waals surface area contributed by atoms with E-state index in [-0.39, 0.29) is 0 Å². The Hall–Kier alpha value is 1.12. The summed E-state index contributed by atoms with van der Waals surface area (Å²) in [6, 6.07) is 0. The maximum atomic E-state index is 5.50. The van der Waals surface area contributed by atoms with Crippen LogP contribution in [0.5, 0.6) is 0 Å². The number of alkyl halides is 4. The van der Waals surface area contributed by atoms with Crippen molar-refractivity contribution >= 4 is 46.4 Å². The summed E-state index contributed by atoms with van der Waals surface area (Å²) in [6.07, 6.45) is 0. The fourth-order valence-corrected chi connectivity index (χ4v) is 1.33. The van der Waals surface area contributed by atoms with Gasteiger partial charge in [-0.25, -0.2) is 0 Å². The van der Waals surface area contributed by atoms with E-state index >= 15 is 0 Å². The van der Waals surface area contributed by atoms with Gasteiger partial charge >= 0.3 is 0 Å². The highest BCUT2D eigenvalue weighted by Crippen LogP contribution is 2.25. The van der Waals surface area contributed by atoms with Crippen LogP contribution >= 0.6 is 46.4 Å². The molecule has 0 aromatic heterocycles. The van der Waals surface area contributed by atoms with Crippen LogP contribution in [0, 0.1) is 0 Å². The predicted octanol–water partition coefficient (Wildman–Crippen LogP) is 2.88. The van der Waals surface area contributed by atoms with Gasteiger partial charge in [-0.05, 0) is 13.8 Å². The summed E-state index contributed by atoms with van der Waals surface area (Å²) < 4.78 is -2.17. The molecule has 0 atom stereocenters. The molecule has 0 aliphatic heterocycles. The first-order chi connectivity index (χ1) is 3.71. The Morgan fingerprint density at radius 1 is 0.889 bits per heavy atom. The second-order valence-electron chi connectivity index (χ2n) is 1.90. The van der Waals surface area contributed by atoms with Gasteiger partial charge in [-0.15, -0.1) is 0 Å². The van der Waals surface area contributed by atoms with Gasteiger partial charge < -0.3 is 0 Å². The molecule has 0 aliphatic rings. The first-order valence-electron chi connectivity index (χ1n) is 2.26. The third-order valence-corrected chi connectivity index (χ3v) is 0.817. The molecule has 0 radical (unpaired) electrons. The highest BCUT2D eigenvalue weighted by Gasteiger charge is 2.26. The molecule has 0 aromatic rings. The fourth-order valence-electron chi connectivity index (χ4n) is 0.385. The quantitative estimate of drug-likeness (QED) is 0.546. The van der Waals surface area contributed by atoms with E-state index in [1.54, 1.807) is 13.8 Å². The smallest absolute Gasteiger partial charge is 0.168 e. The molecule has 0 saturated heterocycles. The average Bonchev–Trinajstić information content (AvgIpc) is 1.14. The molecule has 0 aromatic carbocycles. The topological polar surface area (TPSA) is 12.0 Å². The molecule has 1 N–H and O–H groups in total. The molecule has 0 heterocycles. The van der Waals surface area contributed by atoms with Crippen molar-refractivity contribution in [2.24, 2.45) is 0 Å². The summed E-state index contributed by atoms with van der Waals surface area (Å²) in [6.45, 7) is 3.08. The highest BCUT2D eigenvalue weighted by molar-refractivity contribution is 6.51. The standard InChI is InChI=1S/C4H7Cl4N/c1-3(5,6)9-4(2,7)8/h9H,1-2H3. The molecular formula is C4H7Cl4N. The summed E-state index contributed by atoms with van der Waals surface area (Å²) in [5, 5.41) is 2.52. The van der Waals surface area contributed by atoms with E-state index in [9.17, 15) is 0 Å². The van der Waals surface area contributed by atoms with Crippen LogP contribution in [0.15, 0.2) is 0 Å². The number of halogens is 4. The Morgan fingerprint density at radius 3 is 1.11 bits per heavy atom. The number of hydrogen-bond donors (Lipinski definition) is 1. The zero-order valence-corrected chi connectivity index (χ0v) is 8.04. The van der Waals surface area contributed by atoms with Crippen molar-refractivity contribution in [1.82, 2.24) is 5.32 Å². The van der Waals surface area contributed by atoms with Crippen molar-refractivity contribution in [2.45, 2.75) is 22.8 Å². The zero-order chi connectivity index (χ0) is 7.71. The lowest BCUT2D eigenvalue weighted by Gasteiger charge is -2.23. The second kappa shape index (κ2) is 3.02. The van der Waals surface area contributed by atoms with Gasteiger partial charge in [-0.3, -0.25) is 5.32 Å². The number of nitrogens with one attached hydrogen (secondary N) is 1. The predicted molar refractivity (Wildman–Crippen MR) is 43.4 cm³/mol. The molecule has 0 saturated carbocycles. The minimum atomic E-state index is -1.09. The van der Waals surface area contributed by atoms with E-state index in [1.807, 2.05) is 0 Å². The van der Waals surface area contributed by atoms with E-state index in [2.05, 4.69) is 5.32 Å². The molecule has 0 amide bonds. The maximum absolute atomic E-state index is 5.50. The fraction of sp³-hybridized carbons (Fsp3) is 1.00. The Kier molecular flexibility index (Phi) is 3.39. The molecule has 0 fully saturated rings. The Labute approximate surface area is 74.6 Å². The lowest BCUT2D eigenvalue weighted by Crippen LogP contribution is -2.41.